The molecule has 0 unspecified atom stereocenters. The van der Waals surface area contributed by atoms with Gasteiger partial charge in [-0.25, -0.2) is 9.59 Å². The third-order valence-corrected chi connectivity index (χ3v) is 12.7. The summed E-state index contributed by atoms with van der Waals surface area (Å²) in [5.41, 5.74) is 3.12. The molecule has 6 amide bonds. The van der Waals surface area contributed by atoms with Gasteiger partial charge in [-0.05, 0) is 123 Å². The summed E-state index contributed by atoms with van der Waals surface area (Å²) < 4.78 is 50.6. The van der Waals surface area contributed by atoms with Crippen LogP contribution in [0.25, 0.3) is 0 Å². The number of benzene rings is 2. The van der Waals surface area contributed by atoms with Gasteiger partial charge in [-0.1, -0.05) is 52.5 Å². The SMILES string of the molecule is C=C(/C=C\C(=C/C)[C@@H]1CC[C@@H](c2ccc(NC(=O)[C@@H]3CCCN3C(=O)[C@@H](NC(=O)OC)C(C)C)cc2C)N1c1ccc(C(F)(F)F)cc1)NC(=O)[C@@H]1CCCN1C(=O)[C@@H](NC(=O)OC)C(C)C. The van der Waals surface area contributed by atoms with E-state index in [2.05, 4.69) is 32.7 Å². The van der Waals surface area contributed by atoms with Crippen molar-refractivity contribution in [3.63, 3.8) is 0 Å². The highest BCUT2D eigenvalue weighted by molar-refractivity contribution is 5.99. The van der Waals surface area contributed by atoms with Crippen molar-refractivity contribution in [3.05, 3.63) is 95.2 Å². The molecule has 3 aliphatic rings. The second-order valence-corrected chi connectivity index (χ2v) is 17.9. The normalized spacial score (nSPS) is 20.8. The number of methoxy groups -OCH3 is 2. The van der Waals surface area contributed by atoms with E-state index in [1.807, 2.05) is 38.1 Å². The van der Waals surface area contributed by atoms with E-state index in [1.54, 1.807) is 39.8 Å². The average molecular weight is 936 g/mol. The highest BCUT2D eigenvalue weighted by atomic mass is 19.4. The number of amides is 6. The zero-order chi connectivity index (χ0) is 49.3. The molecule has 4 N–H and O–H groups in total. The Hall–Kier alpha value is -6.33. The van der Waals surface area contributed by atoms with Gasteiger partial charge in [0.05, 0.1) is 31.9 Å². The Morgan fingerprint density at radius 1 is 0.746 bits per heavy atom. The number of nitrogens with one attached hydrogen (secondary N) is 4. The largest absolute Gasteiger partial charge is 0.453 e. The van der Waals surface area contributed by atoms with Gasteiger partial charge < -0.3 is 45.4 Å². The quantitative estimate of drug-likeness (QED) is 0.131. The third kappa shape index (κ3) is 12.4. The first kappa shape index (κ1) is 51.7. The van der Waals surface area contributed by atoms with Crippen LogP contribution in [0, 0.1) is 18.8 Å². The zero-order valence-electron chi connectivity index (χ0n) is 39.5. The minimum absolute atomic E-state index is 0.257. The van der Waals surface area contributed by atoms with Crippen molar-refractivity contribution < 1.29 is 51.4 Å². The lowest BCUT2D eigenvalue weighted by Gasteiger charge is -2.34. The number of carbonyl (C=O) groups is 6. The number of hydrogen-bond donors (Lipinski definition) is 4. The molecule has 5 rings (SSSR count). The lowest BCUT2D eigenvalue weighted by molar-refractivity contribution is -0.140. The van der Waals surface area contributed by atoms with E-state index in [1.165, 1.54) is 36.2 Å². The number of nitrogens with zero attached hydrogens (tertiary/aromatic N) is 3. The van der Waals surface area contributed by atoms with E-state index >= 15 is 0 Å². The number of aryl methyl sites for hydroxylation is 1. The van der Waals surface area contributed by atoms with E-state index < -0.39 is 54.0 Å². The molecule has 0 radical (unpaired) electrons. The highest BCUT2D eigenvalue weighted by Crippen LogP contribution is 2.45. The van der Waals surface area contributed by atoms with E-state index in [4.69, 9.17) is 9.47 Å². The molecule has 2 aromatic carbocycles. The summed E-state index contributed by atoms with van der Waals surface area (Å²) in [4.78, 5) is 83.5. The summed E-state index contributed by atoms with van der Waals surface area (Å²) in [5, 5.41) is 11.0. The maximum absolute atomic E-state index is 13.7. The number of rotatable bonds is 15. The molecular formula is C49H64F3N7O8. The van der Waals surface area contributed by atoms with Gasteiger partial charge in [0.1, 0.15) is 24.2 Å². The van der Waals surface area contributed by atoms with Crippen LogP contribution in [0.15, 0.2) is 78.5 Å². The first-order chi connectivity index (χ1) is 31.7. The van der Waals surface area contributed by atoms with Crippen molar-refractivity contribution in [2.24, 2.45) is 11.8 Å². The van der Waals surface area contributed by atoms with Gasteiger partial charge in [-0.3, -0.25) is 19.2 Å². The Morgan fingerprint density at radius 3 is 1.76 bits per heavy atom. The standard InChI is InChI=1S/C49H64F3N7O8/c1-10-32(16-15-31(7)53-43(60)39-13-11-25-57(39)45(62)41(28(2)3)55-47(64)66-8)37-23-24-38(59(37)35-20-17-33(18-21-35)49(50,51)52)36-22-19-34(27-30(36)6)54-44(61)40-14-12-26-58(40)46(63)42(29(4)5)56-48(65)67-9/h10,15-22,27-29,37-42H,7,11-14,23-26H2,1-6,8-9H3,(H,53,60)(H,54,61)(H,55,64)(H,56,65)/b16-15-,32-10+/t37-,38-,39-,40-,41-,42-/m0/s1. The van der Waals surface area contributed by atoms with Gasteiger partial charge in [0.2, 0.25) is 23.6 Å². The Bertz CT molecular complexity index is 2230. The predicted molar refractivity (Wildman–Crippen MR) is 247 cm³/mol. The number of allylic oxidation sites excluding steroid dienone is 2. The van der Waals surface area contributed by atoms with Crippen LogP contribution in [-0.2, 0) is 34.8 Å². The van der Waals surface area contributed by atoms with Crippen LogP contribution in [0.3, 0.4) is 0 Å². The molecule has 3 heterocycles. The molecule has 0 aromatic heterocycles. The minimum Gasteiger partial charge on any atom is -0.453 e. The fraction of sp³-hybridized carbons (Fsp3) is 0.510. The first-order valence-corrected chi connectivity index (χ1v) is 22.7. The molecule has 6 atom stereocenters. The molecule has 0 saturated carbocycles. The summed E-state index contributed by atoms with van der Waals surface area (Å²) in [6.45, 7) is 15.7. The second kappa shape index (κ2) is 22.4. The Labute approximate surface area is 390 Å². The van der Waals surface area contributed by atoms with Crippen molar-refractivity contribution in [1.82, 2.24) is 25.8 Å². The van der Waals surface area contributed by atoms with E-state index in [0.29, 0.717) is 63.0 Å². The highest BCUT2D eigenvalue weighted by Gasteiger charge is 2.42. The molecule has 3 aliphatic heterocycles. The van der Waals surface area contributed by atoms with Crippen molar-refractivity contribution in [2.75, 3.05) is 37.5 Å². The molecule has 15 nitrogen and oxygen atoms in total. The lowest BCUT2D eigenvalue weighted by atomic mass is 9.98. The molecule has 67 heavy (non-hydrogen) atoms. The summed E-state index contributed by atoms with van der Waals surface area (Å²) in [6.07, 6.45) is 2.69. The number of ether oxygens (including phenoxy) is 2. The summed E-state index contributed by atoms with van der Waals surface area (Å²) >= 11 is 0. The van der Waals surface area contributed by atoms with Crippen LogP contribution in [0.4, 0.5) is 34.1 Å². The van der Waals surface area contributed by atoms with Crippen LogP contribution in [-0.4, -0.2) is 103 Å². The van der Waals surface area contributed by atoms with E-state index in [0.717, 1.165) is 28.8 Å². The number of hydrogen-bond acceptors (Lipinski definition) is 9. The number of anilines is 2. The van der Waals surface area contributed by atoms with Crippen LogP contribution >= 0.6 is 0 Å². The lowest BCUT2D eigenvalue weighted by Crippen LogP contribution is -2.55. The topological polar surface area (TPSA) is 179 Å². The van der Waals surface area contributed by atoms with E-state index in [-0.39, 0.29) is 47.3 Å². The number of carbonyl (C=O) groups excluding carboxylic acids is 6. The van der Waals surface area contributed by atoms with E-state index in [9.17, 15) is 41.9 Å². The van der Waals surface area contributed by atoms with Crippen LogP contribution in [0.1, 0.15) is 95.9 Å². The zero-order valence-corrected chi connectivity index (χ0v) is 39.5. The van der Waals surface area contributed by atoms with Gasteiger partial charge in [0, 0.05) is 30.2 Å². The maximum atomic E-state index is 13.7. The fourth-order valence-electron chi connectivity index (χ4n) is 9.22. The molecule has 2 aromatic rings. The van der Waals surface area contributed by atoms with Crippen molar-refractivity contribution in [1.29, 1.82) is 0 Å². The van der Waals surface area contributed by atoms with Crippen LogP contribution < -0.4 is 26.2 Å². The number of likely N-dealkylation sites (tertiary alicyclic amines) is 2. The second-order valence-electron chi connectivity index (χ2n) is 17.9. The van der Waals surface area contributed by atoms with Gasteiger partial charge >= 0.3 is 18.4 Å². The Balaban J connectivity index is 1.34. The predicted octanol–water partition coefficient (Wildman–Crippen LogP) is 7.54. The molecule has 0 bridgehead atoms. The summed E-state index contributed by atoms with van der Waals surface area (Å²) in [5.74, 6) is -2.07. The Kier molecular flexibility index (Phi) is 17.3. The molecule has 0 aliphatic carbocycles. The molecule has 3 fully saturated rings. The van der Waals surface area contributed by atoms with Crippen molar-refractivity contribution >= 4 is 47.2 Å². The monoisotopic (exact) mass is 935 g/mol. The van der Waals surface area contributed by atoms with Gasteiger partial charge in [0.25, 0.3) is 0 Å². The Morgan fingerprint density at radius 2 is 1.28 bits per heavy atom. The third-order valence-electron chi connectivity index (χ3n) is 12.7. The molecular weight excluding hydrogens is 872 g/mol. The van der Waals surface area contributed by atoms with Gasteiger partial charge in [-0.2, -0.15) is 13.2 Å². The minimum atomic E-state index is -4.53. The van der Waals surface area contributed by atoms with Gasteiger partial charge in [0.15, 0.2) is 0 Å². The summed E-state index contributed by atoms with van der Waals surface area (Å²) in [6, 6.07) is 6.67. The summed E-state index contributed by atoms with van der Waals surface area (Å²) in [7, 11) is 2.42. The number of halogens is 3. The molecule has 0 spiro atoms. The smallest absolute Gasteiger partial charge is 0.416 e. The van der Waals surface area contributed by atoms with Crippen molar-refractivity contribution in [3.8, 4) is 0 Å². The average Bonchev–Trinajstić information content (AvgIpc) is 4.08. The van der Waals surface area contributed by atoms with Crippen LogP contribution in [0.5, 0.6) is 0 Å². The first-order valence-electron chi connectivity index (χ1n) is 22.7. The molecule has 3 saturated heterocycles. The van der Waals surface area contributed by atoms with Crippen LogP contribution in [0.2, 0.25) is 0 Å². The number of alkyl carbamates (subject to hydrolysis) is 2. The molecule has 18 heteroatoms. The molecule has 364 valence electrons. The maximum Gasteiger partial charge on any atom is 0.416 e. The van der Waals surface area contributed by atoms with Crippen molar-refractivity contribution in [2.45, 2.75) is 122 Å². The van der Waals surface area contributed by atoms with Gasteiger partial charge in [-0.15, -0.1) is 0 Å². The number of alkyl halides is 3. The fourth-order valence-corrected chi connectivity index (χ4v) is 9.22.